The van der Waals surface area contributed by atoms with Gasteiger partial charge < -0.3 is 13.9 Å². The molecule has 0 radical (unpaired) electrons. The van der Waals surface area contributed by atoms with Crippen LogP contribution in [0.5, 0.6) is 5.75 Å². The van der Waals surface area contributed by atoms with Crippen molar-refractivity contribution in [1.82, 2.24) is 10.2 Å². The number of halogens is 3. The zero-order valence-electron chi connectivity index (χ0n) is 14.2. The Hall–Kier alpha value is -1.93. The maximum absolute atomic E-state index is 11.8. The first-order valence-electron chi connectivity index (χ1n) is 7.97. The Morgan fingerprint density at radius 1 is 1.00 bits per heavy atom. The smallest absolute Gasteiger partial charge is 0.316 e. The maximum atomic E-state index is 11.8. The molecule has 0 amide bonds. The Kier molecular flexibility index (Phi) is 7.44. The lowest BCUT2D eigenvalue weighted by Gasteiger charge is -2.08. The van der Waals surface area contributed by atoms with Crippen LogP contribution in [-0.4, -0.2) is 35.1 Å². The van der Waals surface area contributed by atoms with Gasteiger partial charge in [-0.15, -0.1) is 10.2 Å². The van der Waals surface area contributed by atoms with Crippen LogP contribution in [0, 0.1) is 0 Å². The molecule has 1 heterocycles. The predicted molar refractivity (Wildman–Crippen MR) is 108 cm³/mol. The molecule has 146 valence electrons. The molecule has 6 nitrogen and oxygen atoms in total. The van der Waals surface area contributed by atoms with Gasteiger partial charge in [0, 0.05) is 15.6 Å². The molecular weight excluding hydrogens is 447 g/mol. The lowest BCUT2D eigenvalue weighted by atomic mass is 10.2. The number of rotatable bonds is 8. The minimum Gasteiger partial charge on any atom is -0.488 e. The highest BCUT2D eigenvalue weighted by Gasteiger charge is 2.12. The van der Waals surface area contributed by atoms with E-state index in [1.54, 1.807) is 42.5 Å². The molecule has 0 N–H and O–H groups in total. The molecule has 0 aliphatic carbocycles. The second kappa shape index (κ2) is 10.0. The van der Waals surface area contributed by atoms with E-state index in [0.29, 0.717) is 26.7 Å². The number of benzene rings is 2. The quantitative estimate of drug-likeness (QED) is 0.253. The van der Waals surface area contributed by atoms with Crippen molar-refractivity contribution in [3.8, 4) is 17.2 Å². The summed E-state index contributed by atoms with van der Waals surface area (Å²) in [6, 6.07) is 11.9. The average Bonchev–Trinajstić information content (AvgIpc) is 3.14. The molecule has 0 unspecified atom stereocenters. The molecule has 2 aromatic carbocycles. The number of nitrogens with zero attached hydrogens (tertiary/aromatic N) is 2. The number of esters is 1. The second-order valence-electron chi connectivity index (χ2n) is 5.31. The Labute approximate surface area is 180 Å². The van der Waals surface area contributed by atoms with Crippen molar-refractivity contribution in [1.29, 1.82) is 0 Å². The van der Waals surface area contributed by atoms with Gasteiger partial charge in [0.25, 0.3) is 5.22 Å². The second-order valence-corrected chi connectivity index (χ2v) is 7.52. The summed E-state index contributed by atoms with van der Waals surface area (Å²) in [5.41, 5.74) is 0.740. The van der Waals surface area contributed by atoms with E-state index < -0.39 is 5.97 Å². The van der Waals surface area contributed by atoms with Crippen LogP contribution in [0.25, 0.3) is 11.5 Å². The molecule has 0 saturated heterocycles. The number of hydrogen-bond donors (Lipinski definition) is 0. The fraction of sp³-hybridized carbons (Fsp3) is 0.167. The van der Waals surface area contributed by atoms with Crippen molar-refractivity contribution >= 4 is 52.5 Å². The fourth-order valence-electron chi connectivity index (χ4n) is 2.04. The van der Waals surface area contributed by atoms with Crippen molar-refractivity contribution < 1.29 is 18.7 Å². The lowest BCUT2D eigenvalue weighted by molar-refractivity contribution is -0.141. The molecule has 28 heavy (non-hydrogen) atoms. The van der Waals surface area contributed by atoms with Crippen molar-refractivity contribution in [2.24, 2.45) is 0 Å². The van der Waals surface area contributed by atoms with Gasteiger partial charge in [-0.1, -0.05) is 46.6 Å². The summed E-state index contributed by atoms with van der Waals surface area (Å²) in [4.78, 5) is 11.8. The van der Waals surface area contributed by atoms with E-state index in [1.807, 2.05) is 0 Å². The third-order valence-electron chi connectivity index (χ3n) is 3.31. The number of carbonyl (C=O) groups is 1. The van der Waals surface area contributed by atoms with E-state index in [9.17, 15) is 4.79 Å². The van der Waals surface area contributed by atoms with Crippen molar-refractivity contribution in [2.45, 2.75) is 5.22 Å². The largest absolute Gasteiger partial charge is 0.488 e. The first-order chi connectivity index (χ1) is 13.5. The van der Waals surface area contributed by atoms with Gasteiger partial charge in [-0.25, -0.2) is 0 Å². The van der Waals surface area contributed by atoms with Crippen LogP contribution >= 0.6 is 46.6 Å². The molecule has 0 fully saturated rings. The van der Waals surface area contributed by atoms with E-state index in [4.69, 9.17) is 48.7 Å². The lowest BCUT2D eigenvalue weighted by Crippen LogP contribution is -2.13. The molecule has 1 aromatic heterocycles. The van der Waals surface area contributed by atoms with Crippen LogP contribution in [0.3, 0.4) is 0 Å². The Morgan fingerprint density at radius 2 is 1.75 bits per heavy atom. The van der Waals surface area contributed by atoms with Crippen LogP contribution in [0.4, 0.5) is 0 Å². The third kappa shape index (κ3) is 6.04. The van der Waals surface area contributed by atoms with E-state index >= 15 is 0 Å². The number of carbonyl (C=O) groups excluding carboxylic acids is 1. The normalized spacial score (nSPS) is 10.7. The SMILES string of the molecule is O=C(CSc1nnc(-c2ccc(Cl)cc2)o1)OCCOc1ccc(Cl)cc1Cl. The van der Waals surface area contributed by atoms with Crippen LogP contribution in [0.2, 0.25) is 15.1 Å². The summed E-state index contributed by atoms with van der Waals surface area (Å²) in [7, 11) is 0. The van der Waals surface area contributed by atoms with E-state index in [-0.39, 0.29) is 24.2 Å². The van der Waals surface area contributed by atoms with Crippen LogP contribution in [0.15, 0.2) is 52.1 Å². The molecular formula is C18H13Cl3N2O4S. The highest BCUT2D eigenvalue weighted by atomic mass is 35.5. The highest BCUT2D eigenvalue weighted by Crippen LogP contribution is 2.27. The summed E-state index contributed by atoms with van der Waals surface area (Å²) >= 11 is 18.7. The molecule has 0 saturated carbocycles. The van der Waals surface area contributed by atoms with E-state index in [0.717, 1.165) is 17.3 Å². The van der Waals surface area contributed by atoms with Gasteiger partial charge in [-0.05, 0) is 42.5 Å². The van der Waals surface area contributed by atoms with Gasteiger partial charge >= 0.3 is 5.97 Å². The third-order valence-corrected chi connectivity index (χ3v) is 4.88. The van der Waals surface area contributed by atoms with E-state index in [1.165, 1.54) is 0 Å². The minimum absolute atomic E-state index is 0.0317. The van der Waals surface area contributed by atoms with Crippen molar-refractivity contribution in [3.05, 3.63) is 57.5 Å². The zero-order chi connectivity index (χ0) is 19.9. The molecule has 0 aliphatic heterocycles. The monoisotopic (exact) mass is 458 g/mol. The fourth-order valence-corrected chi connectivity index (χ4v) is 3.19. The Morgan fingerprint density at radius 3 is 2.50 bits per heavy atom. The number of aromatic nitrogens is 2. The molecule has 0 spiro atoms. The average molecular weight is 460 g/mol. The first kappa shape index (κ1) is 20.8. The van der Waals surface area contributed by atoms with Gasteiger partial charge in [0.2, 0.25) is 5.89 Å². The van der Waals surface area contributed by atoms with Gasteiger partial charge in [0.05, 0.1) is 5.02 Å². The standard InChI is InChI=1S/C18H13Cl3N2O4S/c19-12-3-1-11(2-4-12)17-22-23-18(27-17)28-10-16(24)26-8-7-25-15-6-5-13(20)9-14(15)21/h1-6,9H,7-8,10H2. The summed E-state index contributed by atoms with van der Waals surface area (Å²) in [5.74, 6) is 0.420. The first-order valence-corrected chi connectivity index (χ1v) is 10.1. The molecule has 0 bridgehead atoms. The summed E-state index contributed by atoms with van der Waals surface area (Å²) in [6.07, 6.45) is 0. The molecule has 0 atom stereocenters. The maximum Gasteiger partial charge on any atom is 0.316 e. The summed E-state index contributed by atoms with van der Waals surface area (Å²) in [5, 5.41) is 9.63. The zero-order valence-corrected chi connectivity index (χ0v) is 17.3. The number of thioether (sulfide) groups is 1. The van der Waals surface area contributed by atoms with Gasteiger partial charge in [0.15, 0.2) is 0 Å². The van der Waals surface area contributed by atoms with Crippen LogP contribution in [-0.2, 0) is 9.53 Å². The van der Waals surface area contributed by atoms with Crippen LogP contribution in [0.1, 0.15) is 0 Å². The topological polar surface area (TPSA) is 74.5 Å². The molecule has 3 rings (SSSR count). The molecule has 10 heteroatoms. The Bertz CT molecular complexity index is 950. The minimum atomic E-state index is -0.429. The van der Waals surface area contributed by atoms with E-state index in [2.05, 4.69) is 10.2 Å². The van der Waals surface area contributed by atoms with Crippen molar-refractivity contribution in [2.75, 3.05) is 19.0 Å². The molecule has 0 aliphatic rings. The van der Waals surface area contributed by atoms with Crippen LogP contribution < -0.4 is 4.74 Å². The predicted octanol–water partition coefficient (Wildman–Crippen LogP) is 5.41. The number of ether oxygens (including phenoxy) is 2. The van der Waals surface area contributed by atoms with Gasteiger partial charge in [-0.2, -0.15) is 0 Å². The summed E-state index contributed by atoms with van der Waals surface area (Å²) < 4.78 is 16.0. The summed E-state index contributed by atoms with van der Waals surface area (Å²) in [6.45, 7) is 0.247. The van der Waals surface area contributed by atoms with Gasteiger partial charge in [0.1, 0.15) is 24.7 Å². The highest BCUT2D eigenvalue weighted by molar-refractivity contribution is 7.99. The van der Waals surface area contributed by atoms with Crippen molar-refractivity contribution in [3.63, 3.8) is 0 Å². The number of hydrogen-bond acceptors (Lipinski definition) is 7. The molecule has 3 aromatic rings. The van der Waals surface area contributed by atoms with Gasteiger partial charge in [-0.3, -0.25) is 4.79 Å². The Balaban J connectivity index is 1.39.